The maximum absolute atomic E-state index is 12.4. The van der Waals surface area contributed by atoms with E-state index in [0.29, 0.717) is 11.1 Å². The van der Waals surface area contributed by atoms with Crippen molar-refractivity contribution in [3.05, 3.63) is 71.3 Å². The maximum atomic E-state index is 12.4. The second-order valence-electron chi connectivity index (χ2n) is 6.89. The van der Waals surface area contributed by atoms with Gasteiger partial charge in [0.2, 0.25) is 0 Å². The van der Waals surface area contributed by atoms with Crippen LogP contribution in [0.2, 0.25) is 0 Å². The zero-order chi connectivity index (χ0) is 17.7. The van der Waals surface area contributed by atoms with Gasteiger partial charge in [0.05, 0.1) is 6.04 Å². The molecule has 2 amide bonds. The molecule has 0 fully saturated rings. The van der Waals surface area contributed by atoms with Crippen molar-refractivity contribution in [3.63, 3.8) is 0 Å². The molecule has 0 heterocycles. The number of carbonyl (C=O) groups excluding carboxylic acids is 2. The third kappa shape index (κ3) is 4.95. The third-order valence-corrected chi connectivity index (χ3v) is 3.52. The monoisotopic (exact) mass is 324 g/mol. The molecule has 0 spiro atoms. The van der Waals surface area contributed by atoms with E-state index in [4.69, 9.17) is 0 Å². The Balaban J connectivity index is 2.10. The SMILES string of the molecule is CC(NC(=O)c1cccc(C(=O)NC(C)(C)C)c1)c1ccccc1. The van der Waals surface area contributed by atoms with Gasteiger partial charge in [-0.3, -0.25) is 9.59 Å². The molecule has 2 aromatic rings. The number of nitrogens with one attached hydrogen (secondary N) is 2. The van der Waals surface area contributed by atoms with Crippen LogP contribution in [0.5, 0.6) is 0 Å². The molecule has 0 aliphatic carbocycles. The maximum Gasteiger partial charge on any atom is 0.251 e. The van der Waals surface area contributed by atoms with E-state index < -0.39 is 0 Å². The summed E-state index contributed by atoms with van der Waals surface area (Å²) in [5.41, 5.74) is 1.66. The van der Waals surface area contributed by atoms with Gasteiger partial charge >= 0.3 is 0 Å². The highest BCUT2D eigenvalue weighted by molar-refractivity contribution is 6.00. The van der Waals surface area contributed by atoms with E-state index in [1.807, 2.05) is 58.0 Å². The minimum absolute atomic E-state index is 0.106. The molecular weight excluding hydrogens is 300 g/mol. The third-order valence-electron chi connectivity index (χ3n) is 3.52. The summed E-state index contributed by atoms with van der Waals surface area (Å²) in [6.07, 6.45) is 0. The van der Waals surface area contributed by atoms with E-state index in [0.717, 1.165) is 5.56 Å². The molecule has 0 radical (unpaired) electrons. The van der Waals surface area contributed by atoms with Crippen molar-refractivity contribution < 1.29 is 9.59 Å². The van der Waals surface area contributed by atoms with Gasteiger partial charge in [0.25, 0.3) is 11.8 Å². The lowest BCUT2D eigenvalue weighted by atomic mass is 10.1. The van der Waals surface area contributed by atoms with Crippen LogP contribution in [0.1, 0.15) is 60.0 Å². The minimum Gasteiger partial charge on any atom is -0.347 e. The molecule has 0 saturated heterocycles. The Bertz CT molecular complexity index is 718. The van der Waals surface area contributed by atoms with Crippen molar-refractivity contribution >= 4 is 11.8 Å². The van der Waals surface area contributed by atoms with Gasteiger partial charge in [0.15, 0.2) is 0 Å². The molecule has 0 aromatic heterocycles. The van der Waals surface area contributed by atoms with Gasteiger partial charge in [0.1, 0.15) is 0 Å². The van der Waals surface area contributed by atoms with Gasteiger partial charge in [-0.25, -0.2) is 0 Å². The topological polar surface area (TPSA) is 58.2 Å². The summed E-state index contributed by atoms with van der Waals surface area (Å²) in [6.45, 7) is 7.69. The number of hydrogen-bond acceptors (Lipinski definition) is 2. The zero-order valence-corrected chi connectivity index (χ0v) is 14.6. The molecule has 4 nitrogen and oxygen atoms in total. The smallest absolute Gasteiger partial charge is 0.251 e. The van der Waals surface area contributed by atoms with Crippen LogP contribution in [0.25, 0.3) is 0 Å². The van der Waals surface area contributed by atoms with Crippen LogP contribution in [0.15, 0.2) is 54.6 Å². The van der Waals surface area contributed by atoms with Crippen molar-refractivity contribution in [2.75, 3.05) is 0 Å². The lowest BCUT2D eigenvalue weighted by Gasteiger charge is -2.20. The van der Waals surface area contributed by atoms with Crippen LogP contribution >= 0.6 is 0 Å². The van der Waals surface area contributed by atoms with E-state index in [9.17, 15) is 9.59 Å². The average molecular weight is 324 g/mol. The highest BCUT2D eigenvalue weighted by Gasteiger charge is 2.17. The van der Waals surface area contributed by atoms with E-state index in [-0.39, 0.29) is 23.4 Å². The van der Waals surface area contributed by atoms with E-state index in [1.54, 1.807) is 24.3 Å². The number of amides is 2. The standard InChI is InChI=1S/C20H24N2O2/c1-14(15-9-6-5-7-10-15)21-18(23)16-11-8-12-17(13-16)19(24)22-20(2,3)4/h5-14H,1-4H3,(H,21,23)(H,22,24). The fourth-order valence-corrected chi connectivity index (χ4v) is 2.32. The second-order valence-corrected chi connectivity index (χ2v) is 6.89. The van der Waals surface area contributed by atoms with E-state index in [1.165, 1.54) is 0 Å². The molecular formula is C20H24N2O2. The first-order chi connectivity index (χ1) is 11.3. The fourth-order valence-electron chi connectivity index (χ4n) is 2.32. The first-order valence-electron chi connectivity index (χ1n) is 8.04. The zero-order valence-electron chi connectivity index (χ0n) is 14.6. The normalized spacial score (nSPS) is 12.3. The Labute approximate surface area is 143 Å². The molecule has 2 N–H and O–H groups in total. The Morgan fingerprint density at radius 1 is 0.875 bits per heavy atom. The van der Waals surface area contributed by atoms with Gasteiger partial charge < -0.3 is 10.6 Å². The fraction of sp³-hybridized carbons (Fsp3) is 0.300. The lowest BCUT2D eigenvalue weighted by Crippen LogP contribution is -2.40. The van der Waals surface area contributed by atoms with Crippen LogP contribution in [0.4, 0.5) is 0 Å². The van der Waals surface area contributed by atoms with Crippen molar-refractivity contribution in [2.24, 2.45) is 0 Å². The summed E-state index contributed by atoms with van der Waals surface area (Å²) in [5.74, 6) is -0.384. The van der Waals surface area contributed by atoms with Crippen LogP contribution in [0.3, 0.4) is 0 Å². The van der Waals surface area contributed by atoms with E-state index >= 15 is 0 Å². The van der Waals surface area contributed by atoms with Gasteiger partial charge in [-0.1, -0.05) is 36.4 Å². The average Bonchev–Trinajstić information content (AvgIpc) is 2.54. The number of carbonyl (C=O) groups is 2. The van der Waals surface area contributed by atoms with Gasteiger partial charge in [-0.15, -0.1) is 0 Å². The molecule has 0 bridgehead atoms. The Kier molecular flexibility index (Phi) is 5.39. The van der Waals surface area contributed by atoms with Gasteiger partial charge in [-0.05, 0) is 51.5 Å². The van der Waals surface area contributed by atoms with Crippen LogP contribution < -0.4 is 10.6 Å². The Morgan fingerprint density at radius 2 is 1.46 bits per heavy atom. The quantitative estimate of drug-likeness (QED) is 0.901. The number of benzene rings is 2. The van der Waals surface area contributed by atoms with Gasteiger partial charge in [-0.2, -0.15) is 0 Å². The second kappa shape index (κ2) is 7.30. The first-order valence-corrected chi connectivity index (χ1v) is 8.04. The molecule has 2 rings (SSSR count). The van der Waals surface area contributed by atoms with Crippen molar-refractivity contribution in [3.8, 4) is 0 Å². The molecule has 0 aliphatic heterocycles. The molecule has 0 saturated carbocycles. The summed E-state index contributed by atoms with van der Waals surface area (Å²) in [7, 11) is 0. The lowest BCUT2D eigenvalue weighted by molar-refractivity contribution is 0.0919. The number of hydrogen-bond donors (Lipinski definition) is 2. The minimum atomic E-state index is -0.322. The highest BCUT2D eigenvalue weighted by Crippen LogP contribution is 2.13. The van der Waals surface area contributed by atoms with Crippen molar-refractivity contribution in [1.29, 1.82) is 0 Å². The summed E-state index contributed by atoms with van der Waals surface area (Å²) >= 11 is 0. The molecule has 0 aliphatic rings. The van der Waals surface area contributed by atoms with E-state index in [2.05, 4.69) is 10.6 Å². The largest absolute Gasteiger partial charge is 0.347 e. The summed E-state index contributed by atoms with van der Waals surface area (Å²) in [4.78, 5) is 24.7. The van der Waals surface area contributed by atoms with Crippen molar-refractivity contribution in [1.82, 2.24) is 10.6 Å². The highest BCUT2D eigenvalue weighted by atomic mass is 16.2. The Hall–Kier alpha value is -2.62. The first kappa shape index (κ1) is 17.7. The molecule has 1 atom stereocenters. The summed E-state index contributed by atoms with van der Waals surface area (Å²) in [6, 6.07) is 16.4. The summed E-state index contributed by atoms with van der Waals surface area (Å²) < 4.78 is 0. The molecule has 126 valence electrons. The molecule has 2 aromatic carbocycles. The predicted molar refractivity (Wildman–Crippen MR) is 96.0 cm³/mol. The van der Waals surface area contributed by atoms with Gasteiger partial charge in [0, 0.05) is 16.7 Å². The molecule has 4 heteroatoms. The molecule has 1 unspecified atom stereocenters. The number of rotatable bonds is 4. The van der Waals surface area contributed by atoms with Crippen molar-refractivity contribution in [2.45, 2.75) is 39.3 Å². The van der Waals surface area contributed by atoms with Crippen LogP contribution in [-0.2, 0) is 0 Å². The van der Waals surface area contributed by atoms with Crippen LogP contribution in [0, 0.1) is 0 Å². The van der Waals surface area contributed by atoms with Crippen LogP contribution in [-0.4, -0.2) is 17.4 Å². The predicted octanol–water partition coefficient (Wildman–Crippen LogP) is 3.71. The summed E-state index contributed by atoms with van der Waals surface area (Å²) in [5, 5.41) is 5.85. The molecule has 24 heavy (non-hydrogen) atoms. The Morgan fingerprint density at radius 3 is 2.04 bits per heavy atom.